The first-order valence-corrected chi connectivity index (χ1v) is 11.7. The maximum atomic E-state index is 13.2. The lowest BCUT2D eigenvalue weighted by molar-refractivity contribution is -0.139. The van der Waals surface area contributed by atoms with E-state index < -0.39 is 32.7 Å². The molecular formula is C22H25FN2O5S. The Bertz CT molecular complexity index is 1030. The molecule has 0 radical (unpaired) electrons. The minimum atomic E-state index is -4.01. The molecule has 3 rings (SSSR count). The van der Waals surface area contributed by atoms with Crippen LogP contribution in [-0.2, 0) is 19.4 Å². The molecule has 1 aromatic carbocycles. The molecule has 0 fully saturated rings. The van der Waals surface area contributed by atoms with Gasteiger partial charge in [0.05, 0.1) is 11.2 Å². The lowest BCUT2D eigenvalue weighted by atomic mass is 9.97. The number of nitrogens with one attached hydrogen (secondary N) is 2. The van der Waals surface area contributed by atoms with Gasteiger partial charge in [-0.2, -0.15) is 0 Å². The van der Waals surface area contributed by atoms with E-state index in [9.17, 15) is 22.4 Å². The molecular weight excluding hydrogens is 423 g/mol. The summed E-state index contributed by atoms with van der Waals surface area (Å²) in [6.07, 6.45) is 8.54. The van der Waals surface area contributed by atoms with Gasteiger partial charge in [0.15, 0.2) is 9.84 Å². The average Bonchev–Trinajstić information content (AvgIpc) is 3.29. The molecule has 0 saturated heterocycles. The van der Waals surface area contributed by atoms with E-state index in [4.69, 9.17) is 4.42 Å². The van der Waals surface area contributed by atoms with Gasteiger partial charge >= 0.3 is 11.8 Å². The summed E-state index contributed by atoms with van der Waals surface area (Å²) in [7, 11) is -4.01. The van der Waals surface area contributed by atoms with Gasteiger partial charge in [-0.25, -0.2) is 12.8 Å². The third-order valence-electron chi connectivity index (χ3n) is 5.15. The van der Waals surface area contributed by atoms with E-state index in [0.29, 0.717) is 13.0 Å². The lowest BCUT2D eigenvalue weighted by Gasteiger charge is -2.17. The molecule has 2 amide bonds. The van der Waals surface area contributed by atoms with E-state index in [-0.39, 0.29) is 17.2 Å². The van der Waals surface area contributed by atoms with Gasteiger partial charge in [0.25, 0.3) is 0 Å². The predicted molar refractivity (Wildman–Crippen MR) is 112 cm³/mol. The number of sulfone groups is 1. The van der Waals surface area contributed by atoms with Crippen molar-refractivity contribution in [3.05, 3.63) is 65.9 Å². The van der Waals surface area contributed by atoms with E-state index in [1.807, 2.05) is 0 Å². The third-order valence-corrected chi connectivity index (χ3v) is 7.23. The maximum absolute atomic E-state index is 13.2. The average molecular weight is 449 g/mol. The Morgan fingerprint density at radius 1 is 1.06 bits per heavy atom. The van der Waals surface area contributed by atoms with Crippen molar-refractivity contribution in [2.24, 2.45) is 0 Å². The number of hydrogen-bond acceptors (Lipinski definition) is 5. The van der Waals surface area contributed by atoms with Crippen LogP contribution in [0.4, 0.5) is 4.39 Å². The van der Waals surface area contributed by atoms with Crippen molar-refractivity contribution in [2.75, 3.05) is 13.1 Å². The summed E-state index contributed by atoms with van der Waals surface area (Å²) >= 11 is 0. The zero-order valence-electron chi connectivity index (χ0n) is 17.0. The second-order valence-corrected chi connectivity index (χ2v) is 9.46. The molecule has 1 aromatic heterocycles. The van der Waals surface area contributed by atoms with Crippen molar-refractivity contribution < 1.29 is 26.8 Å². The Hall–Kier alpha value is -2.94. The largest absolute Gasteiger partial charge is 0.468 e. The molecule has 1 aliphatic rings. The highest BCUT2D eigenvalue weighted by Gasteiger charge is 2.32. The standard InChI is InChI=1S/C22H25FN2O5S/c23-17-8-10-18(11-9-17)31(28,29)20(19-7-4-14-30-19)15-25-22(27)21(26)24-13-12-16-5-2-1-3-6-16/h4-5,7-11,14,20H,1-3,6,12-13,15H2,(H,24,26)(H,25,27)/t20-/m0/s1. The zero-order valence-corrected chi connectivity index (χ0v) is 17.8. The molecule has 1 heterocycles. The normalized spacial score (nSPS) is 15.1. The van der Waals surface area contributed by atoms with E-state index in [1.54, 1.807) is 0 Å². The van der Waals surface area contributed by atoms with Crippen LogP contribution in [0.5, 0.6) is 0 Å². The number of carbonyl (C=O) groups excluding carboxylic acids is 2. The van der Waals surface area contributed by atoms with Crippen LogP contribution in [0.25, 0.3) is 0 Å². The molecule has 31 heavy (non-hydrogen) atoms. The first-order chi connectivity index (χ1) is 14.9. The Morgan fingerprint density at radius 3 is 2.45 bits per heavy atom. The highest BCUT2D eigenvalue weighted by atomic mass is 32.2. The van der Waals surface area contributed by atoms with Crippen molar-refractivity contribution in [2.45, 2.75) is 42.2 Å². The van der Waals surface area contributed by atoms with Crippen molar-refractivity contribution in [1.82, 2.24) is 10.6 Å². The minimum Gasteiger partial charge on any atom is -0.468 e. The van der Waals surface area contributed by atoms with Crippen LogP contribution < -0.4 is 10.6 Å². The molecule has 1 aliphatic carbocycles. The Morgan fingerprint density at radius 2 is 1.81 bits per heavy atom. The minimum absolute atomic E-state index is 0.106. The van der Waals surface area contributed by atoms with Crippen molar-refractivity contribution in [3.63, 3.8) is 0 Å². The van der Waals surface area contributed by atoms with E-state index in [0.717, 1.165) is 43.5 Å². The Balaban J connectivity index is 1.61. The van der Waals surface area contributed by atoms with Crippen LogP contribution in [0, 0.1) is 5.82 Å². The first kappa shape index (κ1) is 22.7. The van der Waals surface area contributed by atoms with E-state index in [1.165, 1.54) is 30.4 Å². The topological polar surface area (TPSA) is 105 Å². The number of halogens is 1. The second-order valence-electron chi connectivity index (χ2n) is 7.33. The third kappa shape index (κ3) is 6.04. The fraction of sp³-hybridized carbons (Fsp3) is 0.364. The highest BCUT2D eigenvalue weighted by Crippen LogP contribution is 2.29. The van der Waals surface area contributed by atoms with Crippen LogP contribution >= 0.6 is 0 Å². The Kier molecular flexibility index (Phi) is 7.62. The van der Waals surface area contributed by atoms with Gasteiger partial charge in [-0.3, -0.25) is 9.59 Å². The lowest BCUT2D eigenvalue weighted by Crippen LogP contribution is -2.42. The van der Waals surface area contributed by atoms with Crippen LogP contribution in [0.2, 0.25) is 0 Å². The molecule has 9 heteroatoms. The maximum Gasteiger partial charge on any atom is 0.309 e. The number of carbonyl (C=O) groups is 2. The van der Waals surface area contributed by atoms with Gasteiger partial charge in [-0.15, -0.1) is 0 Å². The van der Waals surface area contributed by atoms with Gasteiger partial charge < -0.3 is 15.1 Å². The fourth-order valence-corrected chi connectivity index (χ4v) is 5.03. The zero-order chi connectivity index (χ0) is 22.3. The number of hydrogen-bond donors (Lipinski definition) is 2. The van der Waals surface area contributed by atoms with Gasteiger partial charge in [-0.1, -0.05) is 11.6 Å². The van der Waals surface area contributed by atoms with Crippen LogP contribution in [0.15, 0.2) is 63.6 Å². The molecule has 0 unspecified atom stereocenters. The quantitative estimate of drug-likeness (QED) is 0.367. The number of allylic oxidation sites excluding steroid dienone is 1. The fourth-order valence-electron chi connectivity index (χ4n) is 3.44. The molecule has 166 valence electrons. The summed E-state index contributed by atoms with van der Waals surface area (Å²) in [5, 5.41) is 3.66. The molecule has 1 atom stereocenters. The molecule has 0 saturated carbocycles. The summed E-state index contributed by atoms with van der Waals surface area (Å²) in [6.45, 7) is -0.0296. The number of furan rings is 1. The van der Waals surface area contributed by atoms with Gasteiger partial charge in [-0.05, 0) is 68.5 Å². The van der Waals surface area contributed by atoms with Crippen LogP contribution in [-0.4, -0.2) is 33.3 Å². The summed E-state index contributed by atoms with van der Waals surface area (Å²) in [5.41, 5.74) is 1.27. The highest BCUT2D eigenvalue weighted by molar-refractivity contribution is 7.91. The van der Waals surface area contributed by atoms with E-state index >= 15 is 0 Å². The molecule has 2 aromatic rings. The monoisotopic (exact) mass is 448 g/mol. The summed E-state index contributed by atoms with van der Waals surface area (Å²) < 4.78 is 44.5. The SMILES string of the molecule is O=C(NCCC1=CCCCC1)C(=O)NC[C@@H](c1ccco1)S(=O)(=O)c1ccc(F)cc1. The molecule has 2 N–H and O–H groups in total. The summed E-state index contributed by atoms with van der Waals surface area (Å²) in [6, 6.07) is 7.37. The number of benzene rings is 1. The second kappa shape index (κ2) is 10.4. The van der Waals surface area contributed by atoms with E-state index in [2.05, 4.69) is 16.7 Å². The van der Waals surface area contributed by atoms with Crippen molar-refractivity contribution >= 4 is 21.7 Å². The van der Waals surface area contributed by atoms with Gasteiger partial charge in [0, 0.05) is 13.1 Å². The smallest absolute Gasteiger partial charge is 0.309 e. The van der Waals surface area contributed by atoms with Gasteiger partial charge in [0.2, 0.25) is 0 Å². The Labute approximate surface area is 180 Å². The molecule has 7 nitrogen and oxygen atoms in total. The summed E-state index contributed by atoms with van der Waals surface area (Å²) in [5.74, 6) is -2.21. The van der Waals surface area contributed by atoms with Gasteiger partial charge in [0.1, 0.15) is 16.8 Å². The summed E-state index contributed by atoms with van der Waals surface area (Å²) in [4.78, 5) is 24.2. The van der Waals surface area contributed by atoms with Crippen molar-refractivity contribution in [3.8, 4) is 0 Å². The van der Waals surface area contributed by atoms with Crippen molar-refractivity contribution in [1.29, 1.82) is 0 Å². The molecule has 0 aliphatic heterocycles. The number of amides is 2. The van der Waals surface area contributed by atoms with Crippen LogP contribution in [0.1, 0.15) is 43.1 Å². The molecule has 0 bridgehead atoms. The first-order valence-electron chi connectivity index (χ1n) is 10.1. The predicted octanol–water partition coefficient (Wildman–Crippen LogP) is 3.06. The number of rotatable bonds is 8. The molecule has 0 spiro atoms. The van der Waals surface area contributed by atoms with Crippen LogP contribution in [0.3, 0.4) is 0 Å².